The molecule has 3 aliphatic rings. The number of fused-ring (bicyclic) bond motifs is 8. The van der Waals surface area contributed by atoms with Gasteiger partial charge in [-0.2, -0.15) is 21.6 Å². The van der Waals surface area contributed by atoms with Crippen molar-refractivity contribution in [3.63, 3.8) is 0 Å². The highest BCUT2D eigenvalue weighted by Crippen LogP contribution is 2.52. The summed E-state index contributed by atoms with van der Waals surface area (Å²) in [6, 6.07) is 14.2. The Kier molecular flexibility index (Phi) is 7.26. The molecule has 3 heterocycles. The minimum absolute atomic E-state index is 0.00334. The Hall–Kier alpha value is -3.35. The van der Waals surface area contributed by atoms with Crippen molar-refractivity contribution in [3.05, 3.63) is 86.9 Å². The molecule has 1 saturated heterocycles. The first kappa shape index (κ1) is 31.6. The van der Waals surface area contributed by atoms with Crippen molar-refractivity contribution in [2.45, 2.75) is 75.8 Å². The predicted octanol–water partition coefficient (Wildman–Crippen LogP) is 6.35. The van der Waals surface area contributed by atoms with Crippen LogP contribution in [0.3, 0.4) is 0 Å². The van der Waals surface area contributed by atoms with Crippen LogP contribution in [-0.2, 0) is 25.2 Å². The van der Waals surface area contributed by atoms with Crippen LogP contribution in [0, 0.1) is 6.92 Å². The Morgan fingerprint density at radius 2 is 1.56 bits per heavy atom. The largest absolute Gasteiger partial charge is 0.534 e. The summed E-state index contributed by atoms with van der Waals surface area (Å²) in [6.07, 6.45) is 2.71. The molecule has 2 spiro atoms. The molecule has 6 rings (SSSR count). The fourth-order valence-electron chi connectivity index (χ4n) is 6.97. The van der Waals surface area contributed by atoms with Gasteiger partial charge in [0.15, 0.2) is 5.60 Å². The first-order valence-electron chi connectivity index (χ1n) is 14.5. The summed E-state index contributed by atoms with van der Waals surface area (Å²) >= 11 is 6.51. The van der Waals surface area contributed by atoms with Crippen LogP contribution < -0.4 is 14.6 Å². The van der Waals surface area contributed by atoms with Crippen LogP contribution in [0.5, 0.6) is 5.75 Å². The van der Waals surface area contributed by atoms with Crippen LogP contribution in [0.4, 0.5) is 13.2 Å². The number of alkyl halides is 3. The maximum absolute atomic E-state index is 13.6. The summed E-state index contributed by atoms with van der Waals surface area (Å²) < 4.78 is 80.5. The van der Waals surface area contributed by atoms with E-state index in [0.717, 1.165) is 48.2 Å². The fraction of sp³-hybridized carbons (Fsp3) is 0.375. The molecule has 45 heavy (non-hydrogen) atoms. The number of ether oxygens (including phenoxy) is 2. The number of benzene rings is 3. The van der Waals surface area contributed by atoms with Gasteiger partial charge in [0.2, 0.25) is 0 Å². The Morgan fingerprint density at radius 1 is 0.933 bits per heavy atom. The van der Waals surface area contributed by atoms with E-state index in [1.807, 2.05) is 25.1 Å². The maximum atomic E-state index is 13.6. The Balaban J connectivity index is 1.66. The highest BCUT2D eigenvalue weighted by atomic mass is 35.5. The van der Waals surface area contributed by atoms with Gasteiger partial charge in [0.25, 0.3) is 0 Å². The van der Waals surface area contributed by atoms with Crippen LogP contribution in [0.2, 0.25) is 17.1 Å². The average molecular weight is 679 g/mol. The van der Waals surface area contributed by atoms with Gasteiger partial charge in [-0.3, -0.25) is 0 Å². The molecule has 238 valence electrons. The van der Waals surface area contributed by atoms with E-state index in [1.54, 1.807) is 20.8 Å². The van der Waals surface area contributed by atoms with Gasteiger partial charge in [0, 0.05) is 16.7 Å². The third kappa shape index (κ3) is 4.96. The monoisotopic (exact) mass is 678 g/mol. The van der Waals surface area contributed by atoms with Gasteiger partial charge >= 0.3 is 27.6 Å². The zero-order valence-corrected chi connectivity index (χ0v) is 27.5. The van der Waals surface area contributed by atoms with Gasteiger partial charge in [-0.15, -0.1) is 0 Å². The van der Waals surface area contributed by atoms with E-state index in [9.17, 15) is 31.2 Å². The average Bonchev–Trinajstić information content (AvgIpc) is 3.21. The van der Waals surface area contributed by atoms with Crippen molar-refractivity contribution in [1.29, 1.82) is 0 Å². The van der Waals surface area contributed by atoms with Crippen molar-refractivity contribution in [1.82, 2.24) is 0 Å². The molecule has 3 aromatic carbocycles. The summed E-state index contributed by atoms with van der Waals surface area (Å²) in [5, 5.41) is 1.57. The summed E-state index contributed by atoms with van der Waals surface area (Å²) in [5.41, 5.74) is -5.43. The molecule has 0 amide bonds. The Morgan fingerprint density at radius 3 is 2.18 bits per heavy atom. The zero-order chi connectivity index (χ0) is 32.7. The normalized spacial score (nSPS) is 20.3. The van der Waals surface area contributed by atoms with Gasteiger partial charge in [-0.1, -0.05) is 60.7 Å². The van der Waals surface area contributed by atoms with Crippen molar-refractivity contribution >= 4 is 52.1 Å². The van der Waals surface area contributed by atoms with Crippen molar-refractivity contribution in [3.8, 4) is 5.75 Å². The molecule has 1 atom stereocenters. The summed E-state index contributed by atoms with van der Waals surface area (Å²) in [4.78, 5) is 26.9. The molecule has 0 radical (unpaired) electrons. The number of carbonyl (C=O) groups excluding carboxylic acids is 2. The van der Waals surface area contributed by atoms with Crippen molar-refractivity contribution in [2.24, 2.45) is 0 Å². The van der Waals surface area contributed by atoms with Crippen molar-refractivity contribution in [2.75, 3.05) is 0 Å². The summed E-state index contributed by atoms with van der Waals surface area (Å²) in [6.45, 7) is 7.06. The molecule has 3 aliphatic heterocycles. The van der Waals surface area contributed by atoms with Crippen LogP contribution in [0.15, 0.2) is 48.5 Å². The first-order valence-corrected chi connectivity index (χ1v) is 18.7. The fourth-order valence-corrected chi connectivity index (χ4v) is 13.5. The molecule has 0 N–H and O–H groups in total. The number of esters is 2. The molecule has 0 bridgehead atoms. The van der Waals surface area contributed by atoms with E-state index < -0.39 is 52.6 Å². The van der Waals surface area contributed by atoms with E-state index in [4.69, 9.17) is 21.1 Å². The molecule has 0 saturated carbocycles. The highest BCUT2D eigenvalue weighted by molar-refractivity contribution is 7.88. The molecule has 1 unspecified atom stereocenters. The zero-order valence-electron chi connectivity index (χ0n) is 24.9. The van der Waals surface area contributed by atoms with Crippen LogP contribution >= 0.6 is 11.6 Å². The third-order valence-electron chi connectivity index (χ3n) is 8.72. The molecule has 0 aromatic heterocycles. The van der Waals surface area contributed by atoms with E-state index >= 15 is 0 Å². The van der Waals surface area contributed by atoms with Gasteiger partial charge < -0.3 is 13.7 Å². The number of carbonyl (C=O) groups is 2. The highest BCUT2D eigenvalue weighted by Gasteiger charge is 2.59. The summed E-state index contributed by atoms with van der Waals surface area (Å²) in [7, 11) is -8.72. The minimum Gasteiger partial charge on any atom is -0.456 e. The van der Waals surface area contributed by atoms with Crippen molar-refractivity contribution < 1.29 is 44.8 Å². The maximum Gasteiger partial charge on any atom is 0.534 e. The Bertz CT molecular complexity index is 1880. The number of halogens is 4. The topological polar surface area (TPSA) is 96.0 Å². The molecular formula is C32H30ClF3O7SSi. The van der Waals surface area contributed by atoms with Crippen LogP contribution in [0.1, 0.15) is 83.0 Å². The number of hydrogen-bond donors (Lipinski definition) is 0. The molecule has 7 nitrogen and oxygen atoms in total. The van der Waals surface area contributed by atoms with E-state index in [-0.39, 0.29) is 16.1 Å². The van der Waals surface area contributed by atoms with Gasteiger partial charge in [-0.05, 0) is 74.4 Å². The second-order valence-electron chi connectivity index (χ2n) is 12.8. The number of rotatable bonds is 3. The van der Waals surface area contributed by atoms with E-state index in [1.165, 1.54) is 24.3 Å². The SMILES string of the molecule is Cc1ccc2c(c1)[Si]1(CCCCC1)c1cc(OS(=O)(=O)C(F)(F)F)ccc1C21OC(=O)c2cc(Cl)c(C(=O)OC(C)(C)C)cc21. The van der Waals surface area contributed by atoms with E-state index in [0.29, 0.717) is 21.9 Å². The quantitative estimate of drug-likeness (QED) is 0.138. The summed E-state index contributed by atoms with van der Waals surface area (Å²) in [5.74, 6) is -1.88. The lowest BCUT2D eigenvalue weighted by molar-refractivity contribution is -0.0500. The molecule has 0 aliphatic carbocycles. The Labute approximate surface area is 264 Å². The molecular weight excluding hydrogens is 649 g/mol. The number of hydrogen-bond acceptors (Lipinski definition) is 7. The molecule has 3 aromatic rings. The van der Waals surface area contributed by atoms with Crippen LogP contribution in [-0.4, -0.2) is 39.5 Å². The van der Waals surface area contributed by atoms with Crippen LogP contribution in [0.25, 0.3) is 0 Å². The van der Waals surface area contributed by atoms with E-state index in [2.05, 4.69) is 4.18 Å². The first-order chi connectivity index (χ1) is 20.9. The molecule has 1 fully saturated rings. The lowest BCUT2D eigenvalue weighted by Crippen LogP contribution is -2.67. The number of aryl methyl sites for hydroxylation is 1. The third-order valence-corrected chi connectivity index (χ3v) is 15.3. The minimum atomic E-state index is -5.94. The smallest absolute Gasteiger partial charge is 0.456 e. The predicted molar refractivity (Wildman–Crippen MR) is 164 cm³/mol. The lowest BCUT2D eigenvalue weighted by Gasteiger charge is -2.48. The van der Waals surface area contributed by atoms with Gasteiger partial charge in [0.1, 0.15) is 19.4 Å². The second kappa shape index (κ2) is 10.3. The van der Waals surface area contributed by atoms with Gasteiger partial charge in [0.05, 0.1) is 16.1 Å². The lowest BCUT2D eigenvalue weighted by atomic mass is 9.78. The second-order valence-corrected chi connectivity index (χ2v) is 19.0. The standard InChI is InChI=1S/C32H30ClF3O7SSi/c1-18-8-10-22-26(14-18)45(12-6-5-7-13-45)27-15-19(43-44(39,40)32(34,35)36)9-11-23(27)31(22)24-16-21(29(38)41-30(2,3)4)25(33)17-20(24)28(37)42-31/h8-11,14-17H,5-7,12-13H2,1-4H3. The molecule has 13 heteroatoms. The van der Waals surface area contributed by atoms with Gasteiger partial charge in [-0.25, -0.2) is 9.59 Å².